The van der Waals surface area contributed by atoms with Crippen LogP contribution < -0.4 is 28.3 Å². The van der Waals surface area contributed by atoms with Crippen molar-refractivity contribution in [1.82, 2.24) is 0 Å². The Morgan fingerprint density at radius 3 is 1.17 bits per heavy atom. The van der Waals surface area contributed by atoms with Gasteiger partial charge in [0.1, 0.15) is 24.7 Å². The zero-order valence-electron chi connectivity index (χ0n) is 26.7. The summed E-state index contributed by atoms with van der Waals surface area (Å²) in [6.07, 6.45) is 0. The van der Waals surface area contributed by atoms with Crippen molar-refractivity contribution in [3.05, 3.63) is 179 Å². The van der Waals surface area contributed by atoms with Gasteiger partial charge in [-0.2, -0.15) is 47.8 Å². The molecule has 0 fully saturated rings. The second kappa shape index (κ2) is 16.4. The molecule has 0 aliphatic carbocycles. The van der Waals surface area contributed by atoms with Gasteiger partial charge in [-0.3, -0.25) is 0 Å². The van der Waals surface area contributed by atoms with E-state index in [-0.39, 0.29) is 18.9 Å². The molecule has 0 N–H and O–H groups in total. The van der Waals surface area contributed by atoms with E-state index in [9.17, 15) is 0 Å². The molecule has 0 saturated heterocycles. The molecule has 6 aromatic carbocycles. The fourth-order valence-corrected chi connectivity index (χ4v) is 7.41. The summed E-state index contributed by atoms with van der Waals surface area (Å²) in [6.45, 7) is 1.01. The van der Waals surface area contributed by atoms with Gasteiger partial charge in [-0.1, -0.05) is 108 Å². The number of hydrogen-bond donors (Lipinski definition) is 0. The van der Waals surface area contributed by atoms with E-state index in [1.165, 1.54) is 44.5 Å². The number of thioether (sulfide) groups is 2. The molecule has 13 rings (SSSR count). The Morgan fingerprint density at radius 1 is 0.426 bits per heavy atom. The summed E-state index contributed by atoms with van der Waals surface area (Å²) in [7, 11) is 0. The van der Waals surface area contributed by atoms with Crippen LogP contribution in [0.25, 0.3) is 22.3 Å². The van der Waals surface area contributed by atoms with Crippen molar-refractivity contribution in [3.63, 3.8) is 0 Å². The molecule has 0 atom stereocenters. The van der Waals surface area contributed by atoms with Crippen LogP contribution in [0.1, 0.15) is 33.4 Å². The third-order valence-electron chi connectivity index (χ3n) is 8.19. The van der Waals surface area contributed by atoms with E-state index in [0.29, 0.717) is 13.2 Å². The molecule has 228 valence electrons. The SMILES string of the molecule is [Li+].[c-]1cc2cc(c1)-c1ccc(cc1)CSCc1ccc(cc1)OCc1ccccc1COc1ccc(cc1)CSCc1ccc-2cc1. The van der Waals surface area contributed by atoms with Crippen molar-refractivity contribution in [2.24, 2.45) is 0 Å². The summed E-state index contributed by atoms with van der Waals surface area (Å²) in [6, 6.07) is 53.0. The first-order valence-electron chi connectivity index (χ1n) is 15.6. The molecule has 0 saturated carbocycles. The Labute approximate surface area is 299 Å². The van der Waals surface area contributed by atoms with Crippen LogP contribution in [0.15, 0.2) is 140 Å². The van der Waals surface area contributed by atoms with Crippen LogP contribution >= 0.6 is 23.5 Å². The van der Waals surface area contributed by atoms with Crippen molar-refractivity contribution < 1.29 is 28.3 Å². The first-order valence-corrected chi connectivity index (χ1v) is 17.9. The van der Waals surface area contributed by atoms with Crippen LogP contribution in [0.5, 0.6) is 11.5 Å². The average molecular weight is 643 g/mol. The predicted octanol–water partition coefficient (Wildman–Crippen LogP) is 8.16. The second-order valence-electron chi connectivity index (χ2n) is 11.5. The van der Waals surface area contributed by atoms with Crippen molar-refractivity contribution >= 4 is 23.5 Å². The first kappa shape index (κ1) is 33.1. The quantitative estimate of drug-likeness (QED) is 0.123. The Bertz CT molecular complexity index is 1730. The Morgan fingerprint density at radius 2 is 0.787 bits per heavy atom. The summed E-state index contributed by atoms with van der Waals surface area (Å²) < 4.78 is 12.4. The third-order valence-corrected chi connectivity index (χ3v) is 10.3. The van der Waals surface area contributed by atoms with Gasteiger partial charge in [0.2, 0.25) is 0 Å². The van der Waals surface area contributed by atoms with Crippen LogP contribution in [-0.2, 0) is 36.2 Å². The van der Waals surface area contributed by atoms with E-state index in [1.807, 2.05) is 23.5 Å². The standard InChI is InChI=1S/C42H35O2S2.Li/c1-2-5-40-26-44-42-22-14-34(15-23-42)30-46-28-32-10-18-36(19-11-32)38-7-3-6-37(24-38)35-16-8-31(9-17-35)27-45-29-33-12-20-41(21-13-33)43-25-39(40)4-1;/h1-2,4-24H,25-30H2;/q-1;+1. The van der Waals surface area contributed by atoms with Crippen LogP contribution in [0.4, 0.5) is 0 Å². The van der Waals surface area contributed by atoms with E-state index < -0.39 is 0 Å². The number of benzene rings is 6. The van der Waals surface area contributed by atoms with Crippen molar-refractivity contribution in [3.8, 4) is 33.8 Å². The Hall–Kier alpha value is -3.78. The van der Waals surface area contributed by atoms with Gasteiger partial charge in [0, 0.05) is 23.0 Å². The van der Waals surface area contributed by atoms with E-state index >= 15 is 0 Å². The minimum atomic E-state index is 0. The van der Waals surface area contributed by atoms with Gasteiger partial charge in [-0.05, 0) is 57.6 Å². The van der Waals surface area contributed by atoms with Crippen LogP contribution in [-0.4, -0.2) is 0 Å². The largest absolute Gasteiger partial charge is 1.00 e. The van der Waals surface area contributed by atoms with E-state index in [4.69, 9.17) is 9.47 Å². The molecule has 0 aromatic heterocycles. The van der Waals surface area contributed by atoms with Crippen LogP contribution in [0, 0.1) is 6.07 Å². The zero-order valence-corrected chi connectivity index (χ0v) is 28.3. The molecule has 5 heteroatoms. The van der Waals surface area contributed by atoms with Crippen molar-refractivity contribution in [1.29, 1.82) is 0 Å². The minimum Gasteiger partial charge on any atom is -0.489 e. The monoisotopic (exact) mass is 642 g/mol. The topological polar surface area (TPSA) is 18.5 Å². The third kappa shape index (κ3) is 8.98. The maximum absolute atomic E-state index is 6.18. The molecule has 6 aromatic rings. The number of hydrogen-bond acceptors (Lipinski definition) is 4. The molecule has 47 heavy (non-hydrogen) atoms. The van der Waals surface area contributed by atoms with Crippen molar-refractivity contribution in [2.45, 2.75) is 36.2 Å². The van der Waals surface area contributed by atoms with E-state index in [1.54, 1.807) is 0 Å². The average Bonchev–Trinajstić information content (AvgIpc) is 3.12. The first-order chi connectivity index (χ1) is 22.7. The zero-order chi connectivity index (χ0) is 31.0. The molecule has 7 aliphatic heterocycles. The summed E-state index contributed by atoms with van der Waals surface area (Å²) in [5.41, 5.74) is 12.3. The summed E-state index contributed by atoms with van der Waals surface area (Å²) in [5.74, 6) is 5.61. The normalized spacial score (nSPS) is 13.4. The van der Waals surface area contributed by atoms with Crippen LogP contribution in [0.2, 0.25) is 0 Å². The molecular formula is C42H35LiO2S2. The van der Waals surface area contributed by atoms with Crippen molar-refractivity contribution in [2.75, 3.05) is 0 Å². The van der Waals surface area contributed by atoms with Gasteiger partial charge in [-0.15, -0.1) is 11.1 Å². The molecule has 0 radical (unpaired) electrons. The predicted molar refractivity (Wildman–Crippen MR) is 194 cm³/mol. The molecule has 2 nitrogen and oxygen atoms in total. The van der Waals surface area contributed by atoms with Gasteiger partial charge in [0.05, 0.1) is 0 Å². The fourth-order valence-electron chi connectivity index (χ4n) is 5.49. The van der Waals surface area contributed by atoms with Gasteiger partial charge in [0.25, 0.3) is 0 Å². The Kier molecular flexibility index (Phi) is 11.5. The van der Waals surface area contributed by atoms with Gasteiger partial charge in [0.15, 0.2) is 0 Å². The summed E-state index contributed by atoms with van der Waals surface area (Å²) in [5, 5.41) is 0. The summed E-state index contributed by atoms with van der Waals surface area (Å²) in [4.78, 5) is 0. The van der Waals surface area contributed by atoms with E-state index in [2.05, 4.69) is 146 Å². The molecule has 0 spiro atoms. The van der Waals surface area contributed by atoms with E-state index in [0.717, 1.165) is 45.6 Å². The molecule has 7 aliphatic rings. The minimum absolute atomic E-state index is 0. The summed E-state index contributed by atoms with van der Waals surface area (Å²) >= 11 is 3.86. The number of ether oxygens (including phenoxy) is 2. The molecule has 0 unspecified atom stereocenters. The molecule has 10 bridgehead atoms. The molecular weight excluding hydrogens is 608 g/mol. The van der Waals surface area contributed by atoms with Crippen LogP contribution in [0.3, 0.4) is 0 Å². The molecule has 0 amide bonds. The Balaban J connectivity index is 0.00000386. The smallest absolute Gasteiger partial charge is 0.489 e. The number of rotatable bonds is 0. The second-order valence-corrected chi connectivity index (χ2v) is 13.5. The maximum Gasteiger partial charge on any atom is 1.00 e. The fraction of sp³-hybridized carbons (Fsp3) is 0.143. The van der Waals surface area contributed by atoms with Gasteiger partial charge in [-0.25, -0.2) is 0 Å². The molecule has 7 heterocycles. The van der Waals surface area contributed by atoms with Gasteiger partial charge < -0.3 is 9.47 Å². The van der Waals surface area contributed by atoms with Gasteiger partial charge >= 0.3 is 18.9 Å². The maximum atomic E-state index is 6.18.